The molecule has 0 unspecified atom stereocenters. The van der Waals surface area contributed by atoms with Gasteiger partial charge in [0.2, 0.25) is 0 Å². The molecule has 1 heterocycles. The fourth-order valence-corrected chi connectivity index (χ4v) is 2.57. The van der Waals surface area contributed by atoms with Crippen LogP contribution in [-0.2, 0) is 4.74 Å². The number of nitrogens with zero attached hydrogens (tertiary/aromatic N) is 1. The molecule has 1 aliphatic heterocycles. The van der Waals surface area contributed by atoms with Gasteiger partial charge in [-0.3, -0.25) is 4.90 Å². The third-order valence-corrected chi connectivity index (χ3v) is 3.30. The van der Waals surface area contributed by atoms with E-state index < -0.39 is 0 Å². The van der Waals surface area contributed by atoms with E-state index in [-0.39, 0.29) is 5.54 Å². The number of nitrogens with one attached hydrogen (secondary N) is 1. The monoisotopic (exact) mass is 256 g/mol. The molecule has 1 aliphatic rings. The summed E-state index contributed by atoms with van der Waals surface area (Å²) >= 11 is 0. The predicted octanol–water partition coefficient (Wildman–Crippen LogP) is 2.65. The average Bonchev–Trinajstić information content (AvgIpc) is 2.20. The van der Waals surface area contributed by atoms with Crippen molar-refractivity contribution in [1.29, 1.82) is 0 Å². The molecular weight excluding hydrogens is 224 g/mol. The van der Waals surface area contributed by atoms with E-state index >= 15 is 0 Å². The molecule has 0 aromatic heterocycles. The van der Waals surface area contributed by atoms with Crippen molar-refractivity contribution in [3.63, 3.8) is 0 Å². The van der Waals surface area contributed by atoms with Gasteiger partial charge in [-0.15, -0.1) is 0 Å². The number of rotatable bonds is 6. The van der Waals surface area contributed by atoms with E-state index in [0.717, 1.165) is 19.6 Å². The molecule has 3 nitrogen and oxygen atoms in total. The normalized spacial score (nSPS) is 26.5. The van der Waals surface area contributed by atoms with Crippen LogP contribution in [0.1, 0.15) is 53.9 Å². The summed E-state index contributed by atoms with van der Waals surface area (Å²) in [5.41, 5.74) is 0.259. The van der Waals surface area contributed by atoms with E-state index in [2.05, 4.69) is 44.8 Å². The topological polar surface area (TPSA) is 24.5 Å². The number of morpholine rings is 1. The van der Waals surface area contributed by atoms with Gasteiger partial charge in [-0.2, -0.15) is 0 Å². The lowest BCUT2D eigenvalue weighted by molar-refractivity contribution is -0.0681. The van der Waals surface area contributed by atoms with E-state index in [1.54, 1.807) is 0 Å². The fourth-order valence-electron chi connectivity index (χ4n) is 2.57. The predicted molar refractivity (Wildman–Crippen MR) is 78.1 cm³/mol. The molecule has 0 radical (unpaired) electrons. The van der Waals surface area contributed by atoms with Crippen molar-refractivity contribution in [2.45, 2.75) is 71.6 Å². The highest BCUT2D eigenvalue weighted by molar-refractivity contribution is 4.73. The van der Waals surface area contributed by atoms with Crippen molar-refractivity contribution in [3.05, 3.63) is 0 Å². The van der Waals surface area contributed by atoms with Crippen molar-refractivity contribution in [3.8, 4) is 0 Å². The molecule has 1 N–H and O–H groups in total. The quantitative estimate of drug-likeness (QED) is 0.740. The highest BCUT2D eigenvalue weighted by Gasteiger charge is 2.21. The van der Waals surface area contributed by atoms with Crippen LogP contribution < -0.4 is 5.32 Å². The Labute approximate surface area is 113 Å². The molecule has 0 spiro atoms. The molecular formula is C15H32N2O. The van der Waals surface area contributed by atoms with Crippen molar-refractivity contribution in [2.75, 3.05) is 26.2 Å². The third-order valence-electron chi connectivity index (χ3n) is 3.30. The molecule has 1 fully saturated rings. The van der Waals surface area contributed by atoms with Crippen LogP contribution in [0.15, 0.2) is 0 Å². The van der Waals surface area contributed by atoms with Gasteiger partial charge in [-0.1, -0.05) is 6.42 Å². The maximum Gasteiger partial charge on any atom is 0.0678 e. The summed E-state index contributed by atoms with van der Waals surface area (Å²) < 4.78 is 5.75. The molecule has 0 amide bonds. The van der Waals surface area contributed by atoms with E-state index in [9.17, 15) is 0 Å². The summed E-state index contributed by atoms with van der Waals surface area (Å²) in [6.07, 6.45) is 4.72. The number of ether oxygens (including phenoxy) is 1. The lowest BCUT2D eigenvalue weighted by atomic mass is 10.1. The Bertz CT molecular complexity index is 215. The molecule has 18 heavy (non-hydrogen) atoms. The van der Waals surface area contributed by atoms with Crippen LogP contribution in [0.3, 0.4) is 0 Å². The summed E-state index contributed by atoms with van der Waals surface area (Å²) in [5, 5.41) is 3.54. The second-order valence-electron chi connectivity index (χ2n) is 6.75. The van der Waals surface area contributed by atoms with E-state index in [4.69, 9.17) is 4.74 Å². The van der Waals surface area contributed by atoms with Crippen LogP contribution in [0.25, 0.3) is 0 Å². The zero-order chi connectivity index (χ0) is 13.6. The first-order valence-corrected chi connectivity index (χ1v) is 7.49. The minimum absolute atomic E-state index is 0.259. The zero-order valence-corrected chi connectivity index (χ0v) is 13.0. The molecule has 2 atom stereocenters. The third kappa shape index (κ3) is 7.34. The fraction of sp³-hybridized carbons (Fsp3) is 1.00. The average molecular weight is 256 g/mol. The molecule has 108 valence electrons. The summed E-state index contributed by atoms with van der Waals surface area (Å²) in [6.45, 7) is 15.6. The van der Waals surface area contributed by atoms with Gasteiger partial charge < -0.3 is 10.1 Å². The van der Waals surface area contributed by atoms with Gasteiger partial charge in [0, 0.05) is 18.6 Å². The first-order valence-electron chi connectivity index (χ1n) is 7.49. The van der Waals surface area contributed by atoms with Crippen LogP contribution in [0.2, 0.25) is 0 Å². The van der Waals surface area contributed by atoms with E-state index in [1.165, 1.54) is 25.8 Å². The van der Waals surface area contributed by atoms with Crippen molar-refractivity contribution >= 4 is 0 Å². The number of hydrogen-bond donors (Lipinski definition) is 1. The van der Waals surface area contributed by atoms with E-state index in [1.807, 2.05) is 0 Å². The molecule has 0 saturated carbocycles. The van der Waals surface area contributed by atoms with Crippen LogP contribution >= 0.6 is 0 Å². The smallest absolute Gasteiger partial charge is 0.0678 e. The second kappa shape index (κ2) is 7.46. The number of unbranched alkanes of at least 4 members (excludes halogenated alkanes) is 2. The maximum atomic E-state index is 5.75. The SMILES string of the molecule is C[C@@H]1CN(CCCCCNC(C)(C)C)C[C@H](C)O1. The first-order chi connectivity index (χ1) is 8.37. The van der Waals surface area contributed by atoms with Crippen LogP contribution in [0, 0.1) is 0 Å². The lowest BCUT2D eigenvalue weighted by Gasteiger charge is -2.35. The molecule has 0 aromatic carbocycles. The summed E-state index contributed by atoms with van der Waals surface area (Å²) in [6, 6.07) is 0. The standard InChI is InChI=1S/C15H32N2O/c1-13-11-17(12-14(2)18-13)10-8-6-7-9-16-15(3,4)5/h13-14,16H,6-12H2,1-5H3/t13-,14+. The Balaban J connectivity index is 2.01. The minimum atomic E-state index is 0.259. The van der Waals surface area contributed by atoms with Crippen LogP contribution in [0.5, 0.6) is 0 Å². The van der Waals surface area contributed by atoms with Crippen molar-refractivity contribution in [2.24, 2.45) is 0 Å². The van der Waals surface area contributed by atoms with Gasteiger partial charge in [0.25, 0.3) is 0 Å². The summed E-state index contributed by atoms with van der Waals surface area (Å²) in [5.74, 6) is 0. The largest absolute Gasteiger partial charge is 0.373 e. The van der Waals surface area contributed by atoms with Gasteiger partial charge in [-0.25, -0.2) is 0 Å². The highest BCUT2D eigenvalue weighted by atomic mass is 16.5. The van der Waals surface area contributed by atoms with Gasteiger partial charge in [0.1, 0.15) is 0 Å². The molecule has 1 saturated heterocycles. The Morgan fingerprint density at radius 1 is 1.06 bits per heavy atom. The number of hydrogen-bond acceptors (Lipinski definition) is 3. The van der Waals surface area contributed by atoms with Crippen LogP contribution in [-0.4, -0.2) is 48.8 Å². The maximum absolute atomic E-state index is 5.75. The van der Waals surface area contributed by atoms with Gasteiger partial charge >= 0.3 is 0 Å². The lowest BCUT2D eigenvalue weighted by Crippen LogP contribution is -2.45. The van der Waals surface area contributed by atoms with Gasteiger partial charge in [0.05, 0.1) is 12.2 Å². The summed E-state index contributed by atoms with van der Waals surface area (Å²) in [7, 11) is 0. The van der Waals surface area contributed by atoms with Crippen molar-refractivity contribution < 1.29 is 4.74 Å². The molecule has 0 aromatic rings. The molecule has 3 heteroatoms. The van der Waals surface area contributed by atoms with Gasteiger partial charge in [0.15, 0.2) is 0 Å². The molecule has 0 aliphatic carbocycles. The summed E-state index contributed by atoms with van der Waals surface area (Å²) in [4.78, 5) is 2.55. The molecule has 0 bridgehead atoms. The molecule has 1 rings (SSSR count). The first kappa shape index (κ1) is 15.9. The zero-order valence-electron chi connectivity index (χ0n) is 13.0. The van der Waals surface area contributed by atoms with Crippen LogP contribution in [0.4, 0.5) is 0 Å². The van der Waals surface area contributed by atoms with Crippen molar-refractivity contribution in [1.82, 2.24) is 10.2 Å². The highest BCUT2D eigenvalue weighted by Crippen LogP contribution is 2.11. The Hall–Kier alpha value is -0.120. The Kier molecular flexibility index (Phi) is 6.61. The Morgan fingerprint density at radius 3 is 2.22 bits per heavy atom. The second-order valence-corrected chi connectivity index (χ2v) is 6.75. The minimum Gasteiger partial charge on any atom is -0.373 e. The van der Waals surface area contributed by atoms with E-state index in [0.29, 0.717) is 12.2 Å². The Morgan fingerprint density at radius 2 is 1.67 bits per heavy atom. The van der Waals surface area contributed by atoms with Gasteiger partial charge in [-0.05, 0) is 60.5 Å².